The number of rotatable bonds is 6. The smallest absolute Gasteiger partial charge is 0.220 e. The Morgan fingerprint density at radius 1 is 1.21 bits per heavy atom. The van der Waals surface area contributed by atoms with E-state index in [4.69, 9.17) is 0 Å². The predicted octanol–water partition coefficient (Wildman–Crippen LogP) is 4.76. The van der Waals surface area contributed by atoms with Crippen molar-refractivity contribution in [2.45, 2.75) is 44.1 Å². The summed E-state index contributed by atoms with van der Waals surface area (Å²) in [5.41, 5.74) is 1.91. The van der Waals surface area contributed by atoms with E-state index in [1.54, 1.807) is 18.2 Å². The molecular formula is C20H21BrFNO. The second-order valence-electron chi connectivity index (χ2n) is 6.54. The predicted molar refractivity (Wildman–Crippen MR) is 97.4 cm³/mol. The molecule has 0 spiro atoms. The van der Waals surface area contributed by atoms with Crippen LogP contribution < -0.4 is 5.32 Å². The molecule has 0 aliphatic heterocycles. The van der Waals surface area contributed by atoms with Gasteiger partial charge < -0.3 is 5.32 Å². The molecule has 126 valence electrons. The molecule has 24 heavy (non-hydrogen) atoms. The van der Waals surface area contributed by atoms with Crippen LogP contribution in [0.4, 0.5) is 4.39 Å². The summed E-state index contributed by atoms with van der Waals surface area (Å²) in [6.07, 6.45) is 2.91. The minimum absolute atomic E-state index is 0.0193. The number of benzene rings is 2. The molecule has 4 heteroatoms. The van der Waals surface area contributed by atoms with Gasteiger partial charge in [-0.3, -0.25) is 4.79 Å². The van der Waals surface area contributed by atoms with Crippen LogP contribution in [0.1, 0.15) is 37.3 Å². The van der Waals surface area contributed by atoms with Gasteiger partial charge in [-0.05, 0) is 55.5 Å². The zero-order chi connectivity index (χ0) is 17.2. The van der Waals surface area contributed by atoms with Crippen LogP contribution in [-0.4, -0.2) is 11.9 Å². The van der Waals surface area contributed by atoms with Crippen LogP contribution in [0.3, 0.4) is 0 Å². The Morgan fingerprint density at radius 2 is 1.88 bits per heavy atom. The van der Waals surface area contributed by atoms with Crippen LogP contribution >= 0.6 is 15.9 Å². The van der Waals surface area contributed by atoms with Crippen LogP contribution in [0.15, 0.2) is 53.0 Å². The normalized spacial score (nSPS) is 16.5. The quantitative estimate of drug-likeness (QED) is 0.757. The van der Waals surface area contributed by atoms with E-state index in [-0.39, 0.29) is 23.2 Å². The molecule has 1 unspecified atom stereocenters. The highest BCUT2D eigenvalue weighted by Crippen LogP contribution is 2.51. The molecule has 3 rings (SSSR count). The van der Waals surface area contributed by atoms with Crippen LogP contribution in [0.5, 0.6) is 0 Å². The lowest BCUT2D eigenvalue weighted by Crippen LogP contribution is -2.41. The van der Waals surface area contributed by atoms with E-state index < -0.39 is 0 Å². The van der Waals surface area contributed by atoms with E-state index in [2.05, 4.69) is 40.3 Å². The van der Waals surface area contributed by atoms with Gasteiger partial charge in [0.25, 0.3) is 0 Å². The molecule has 1 atom stereocenters. The molecule has 2 aromatic rings. The maximum absolute atomic E-state index is 13.6. The first kappa shape index (κ1) is 17.2. The lowest BCUT2D eigenvalue weighted by molar-refractivity contribution is -0.121. The highest BCUT2D eigenvalue weighted by Gasteiger charge is 2.49. The second kappa shape index (κ2) is 7.06. The largest absolute Gasteiger partial charge is 0.353 e. The van der Waals surface area contributed by atoms with E-state index in [1.165, 1.54) is 11.6 Å². The fourth-order valence-electron chi connectivity index (χ4n) is 3.29. The van der Waals surface area contributed by atoms with Crippen molar-refractivity contribution in [3.63, 3.8) is 0 Å². The van der Waals surface area contributed by atoms with E-state index >= 15 is 0 Å². The number of carbonyl (C=O) groups excluding carboxylic acids is 1. The summed E-state index contributed by atoms with van der Waals surface area (Å²) < 4.78 is 14.7. The van der Waals surface area contributed by atoms with Crippen molar-refractivity contribution in [2.24, 2.45) is 0 Å². The molecule has 1 fully saturated rings. The maximum Gasteiger partial charge on any atom is 0.220 e. The number of nitrogens with one attached hydrogen (secondary N) is 1. The van der Waals surface area contributed by atoms with Crippen molar-refractivity contribution in [3.05, 3.63) is 69.9 Å². The Hall–Kier alpha value is -1.68. The summed E-state index contributed by atoms with van der Waals surface area (Å²) >= 11 is 3.46. The third kappa shape index (κ3) is 3.69. The molecule has 0 aromatic heterocycles. The fourth-order valence-corrected chi connectivity index (χ4v) is 3.55. The average Bonchev–Trinajstić information content (AvgIpc) is 3.36. The summed E-state index contributed by atoms with van der Waals surface area (Å²) in [6, 6.07) is 15.0. The van der Waals surface area contributed by atoms with E-state index in [1.807, 2.05) is 12.1 Å². The molecule has 1 aliphatic carbocycles. The molecule has 2 nitrogen and oxygen atoms in total. The summed E-state index contributed by atoms with van der Waals surface area (Å²) in [5, 5.41) is 3.11. The van der Waals surface area contributed by atoms with Gasteiger partial charge in [0.1, 0.15) is 5.82 Å². The number of hydrogen-bond acceptors (Lipinski definition) is 1. The molecule has 0 bridgehead atoms. The first-order valence-electron chi connectivity index (χ1n) is 8.30. The maximum atomic E-state index is 13.6. The minimum Gasteiger partial charge on any atom is -0.353 e. The summed E-state index contributed by atoms with van der Waals surface area (Å²) in [5.74, 6) is -0.263. The molecule has 2 aromatic carbocycles. The Morgan fingerprint density at radius 3 is 2.50 bits per heavy atom. The number of amides is 1. The van der Waals surface area contributed by atoms with E-state index in [0.717, 1.165) is 17.3 Å². The molecule has 0 radical (unpaired) electrons. The average molecular weight is 390 g/mol. The van der Waals surface area contributed by atoms with Gasteiger partial charge in [0.2, 0.25) is 5.91 Å². The summed E-state index contributed by atoms with van der Waals surface area (Å²) in [4.78, 5) is 12.3. The van der Waals surface area contributed by atoms with Gasteiger partial charge >= 0.3 is 0 Å². The molecule has 1 aliphatic rings. The van der Waals surface area contributed by atoms with Crippen molar-refractivity contribution in [2.75, 3.05) is 0 Å². The van der Waals surface area contributed by atoms with Gasteiger partial charge in [-0.15, -0.1) is 0 Å². The SMILES string of the molecule is CC(NC(=O)CCc1ccccc1F)C1(c2ccc(Br)cc2)CC1. The number of aryl methyl sites for hydroxylation is 1. The Labute approximate surface area is 150 Å². The van der Waals surface area contributed by atoms with Gasteiger partial charge in [-0.25, -0.2) is 4.39 Å². The van der Waals surface area contributed by atoms with Gasteiger partial charge in [-0.2, -0.15) is 0 Å². The van der Waals surface area contributed by atoms with Gasteiger partial charge in [0.05, 0.1) is 0 Å². The summed E-state index contributed by atoms with van der Waals surface area (Å²) in [6.45, 7) is 2.07. The van der Waals surface area contributed by atoms with Crippen LogP contribution in [0.2, 0.25) is 0 Å². The Balaban J connectivity index is 1.58. The van der Waals surface area contributed by atoms with Crippen LogP contribution in [0, 0.1) is 5.82 Å². The highest BCUT2D eigenvalue weighted by atomic mass is 79.9. The fraction of sp³-hybridized carbons (Fsp3) is 0.350. The number of hydrogen-bond donors (Lipinski definition) is 1. The Kier molecular flexibility index (Phi) is 5.04. The Bertz CT molecular complexity index is 725. The van der Waals surface area contributed by atoms with Crippen molar-refractivity contribution in [3.8, 4) is 0 Å². The van der Waals surface area contributed by atoms with Gasteiger partial charge in [0, 0.05) is 22.4 Å². The zero-order valence-corrected chi connectivity index (χ0v) is 15.3. The molecule has 0 saturated heterocycles. The topological polar surface area (TPSA) is 29.1 Å². The summed E-state index contributed by atoms with van der Waals surface area (Å²) in [7, 11) is 0. The highest BCUT2D eigenvalue weighted by molar-refractivity contribution is 9.10. The molecule has 1 saturated carbocycles. The molecule has 1 amide bonds. The lowest BCUT2D eigenvalue weighted by Gasteiger charge is -2.25. The number of halogens is 2. The minimum atomic E-state index is -0.244. The van der Waals surface area contributed by atoms with Crippen molar-refractivity contribution >= 4 is 21.8 Å². The second-order valence-corrected chi connectivity index (χ2v) is 7.46. The lowest BCUT2D eigenvalue weighted by atomic mass is 9.89. The zero-order valence-electron chi connectivity index (χ0n) is 13.7. The van der Waals surface area contributed by atoms with Gasteiger partial charge in [0.15, 0.2) is 0 Å². The molecule has 1 N–H and O–H groups in total. The number of carbonyl (C=O) groups is 1. The molecular weight excluding hydrogens is 369 g/mol. The van der Waals surface area contributed by atoms with Crippen molar-refractivity contribution in [1.29, 1.82) is 0 Å². The van der Waals surface area contributed by atoms with Crippen LogP contribution in [-0.2, 0) is 16.6 Å². The van der Waals surface area contributed by atoms with Crippen molar-refractivity contribution < 1.29 is 9.18 Å². The van der Waals surface area contributed by atoms with Crippen LogP contribution in [0.25, 0.3) is 0 Å². The molecule has 0 heterocycles. The first-order valence-corrected chi connectivity index (χ1v) is 9.09. The third-order valence-corrected chi connectivity index (χ3v) is 5.52. The van der Waals surface area contributed by atoms with E-state index in [9.17, 15) is 9.18 Å². The third-order valence-electron chi connectivity index (χ3n) is 4.99. The first-order chi connectivity index (χ1) is 11.5. The van der Waals surface area contributed by atoms with Crippen molar-refractivity contribution in [1.82, 2.24) is 5.32 Å². The monoisotopic (exact) mass is 389 g/mol. The van der Waals surface area contributed by atoms with E-state index in [0.29, 0.717) is 18.4 Å². The standard InChI is InChI=1S/C20H21BrFNO/c1-14(20(12-13-20)16-7-9-17(21)10-8-16)23-19(24)11-6-15-4-2-3-5-18(15)22/h2-5,7-10,14H,6,11-13H2,1H3,(H,23,24). The van der Waals surface area contributed by atoms with Gasteiger partial charge in [-0.1, -0.05) is 46.3 Å².